The number of fused-ring (bicyclic) bond motifs is 1. The highest BCUT2D eigenvalue weighted by Gasteiger charge is 2.47. The predicted octanol–water partition coefficient (Wildman–Crippen LogP) is 7.04. The van der Waals surface area contributed by atoms with Crippen molar-refractivity contribution < 1.29 is 0 Å². The minimum atomic E-state index is 0.934. The van der Waals surface area contributed by atoms with E-state index >= 15 is 0 Å². The van der Waals surface area contributed by atoms with Gasteiger partial charge < -0.3 is 0 Å². The average Bonchev–Trinajstić information content (AvgIpc) is 2.47. The van der Waals surface area contributed by atoms with Crippen LogP contribution in [0.2, 0.25) is 0 Å². The highest BCUT2D eigenvalue weighted by Crippen LogP contribution is 2.54. The summed E-state index contributed by atoms with van der Waals surface area (Å²) in [5.74, 6) is 7.83. The third-order valence-corrected chi connectivity index (χ3v) is 7.11. The molecule has 0 N–H and O–H groups in total. The summed E-state index contributed by atoms with van der Waals surface area (Å²) in [5, 5.41) is 0. The Hall–Kier alpha value is 0. The Morgan fingerprint density at radius 2 is 1.52 bits per heavy atom. The molecule has 0 bridgehead atoms. The fourth-order valence-corrected chi connectivity index (χ4v) is 5.70. The van der Waals surface area contributed by atoms with E-state index in [4.69, 9.17) is 0 Å². The first-order chi connectivity index (χ1) is 9.97. The van der Waals surface area contributed by atoms with E-state index in [1.807, 2.05) is 13.8 Å². The summed E-state index contributed by atoms with van der Waals surface area (Å²) in [5.41, 5.74) is 0. The van der Waals surface area contributed by atoms with Crippen LogP contribution in [0.15, 0.2) is 0 Å². The van der Waals surface area contributed by atoms with E-state index in [-0.39, 0.29) is 0 Å². The minimum Gasteiger partial charge on any atom is -0.0683 e. The molecule has 0 heterocycles. The quantitative estimate of drug-likeness (QED) is 0.523. The highest BCUT2D eigenvalue weighted by atomic mass is 14.5. The SMILES string of the molecule is CC.CCCC(C)C1CCC(C)C2C(C)C(C)C(C)CC12. The Morgan fingerprint density at radius 3 is 2.10 bits per heavy atom. The molecule has 8 atom stereocenters. The molecule has 0 aromatic rings. The van der Waals surface area contributed by atoms with Gasteiger partial charge in [0.1, 0.15) is 0 Å². The van der Waals surface area contributed by atoms with E-state index in [0.29, 0.717) is 0 Å². The van der Waals surface area contributed by atoms with E-state index < -0.39 is 0 Å². The second-order valence-corrected chi connectivity index (χ2v) is 8.16. The summed E-state index contributed by atoms with van der Waals surface area (Å²) < 4.78 is 0. The maximum atomic E-state index is 2.56. The summed E-state index contributed by atoms with van der Waals surface area (Å²) >= 11 is 0. The van der Waals surface area contributed by atoms with Gasteiger partial charge in [-0.15, -0.1) is 0 Å². The van der Waals surface area contributed by atoms with Gasteiger partial charge in [-0.25, -0.2) is 0 Å². The molecular formula is C21H42. The van der Waals surface area contributed by atoms with Crippen molar-refractivity contribution in [1.82, 2.24) is 0 Å². The van der Waals surface area contributed by atoms with Crippen LogP contribution in [0.1, 0.15) is 87.5 Å². The van der Waals surface area contributed by atoms with Crippen LogP contribution in [0.5, 0.6) is 0 Å². The topological polar surface area (TPSA) is 0 Å². The maximum absolute atomic E-state index is 2.56. The maximum Gasteiger partial charge on any atom is -0.0329 e. The Balaban J connectivity index is 0.00000106. The second kappa shape index (κ2) is 8.59. The summed E-state index contributed by atoms with van der Waals surface area (Å²) in [6.45, 7) is 19.0. The molecule has 2 aliphatic rings. The van der Waals surface area contributed by atoms with Crippen molar-refractivity contribution in [2.24, 2.45) is 47.3 Å². The molecule has 2 fully saturated rings. The van der Waals surface area contributed by atoms with Crippen molar-refractivity contribution in [3.05, 3.63) is 0 Å². The lowest BCUT2D eigenvalue weighted by molar-refractivity contribution is -0.0475. The number of hydrogen-bond acceptors (Lipinski definition) is 0. The van der Waals surface area contributed by atoms with Crippen LogP contribution in [0.25, 0.3) is 0 Å². The molecular weight excluding hydrogens is 252 g/mol. The van der Waals surface area contributed by atoms with Crippen molar-refractivity contribution >= 4 is 0 Å². The monoisotopic (exact) mass is 294 g/mol. The third-order valence-electron chi connectivity index (χ3n) is 7.11. The fourth-order valence-electron chi connectivity index (χ4n) is 5.70. The third kappa shape index (κ3) is 4.05. The van der Waals surface area contributed by atoms with Crippen molar-refractivity contribution in [2.75, 3.05) is 0 Å². The van der Waals surface area contributed by atoms with Gasteiger partial charge in [0, 0.05) is 0 Å². The Kier molecular flexibility index (Phi) is 7.79. The lowest BCUT2D eigenvalue weighted by Crippen LogP contribution is -2.47. The van der Waals surface area contributed by atoms with Crippen molar-refractivity contribution in [3.63, 3.8) is 0 Å². The van der Waals surface area contributed by atoms with Crippen molar-refractivity contribution in [2.45, 2.75) is 87.5 Å². The molecule has 0 spiro atoms. The molecule has 0 nitrogen and oxygen atoms in total. The van der Waals surface area contributed by atoms with Gasteiger partial charge in [-0.05, 0) is 60.2 Å². The molecule has 0 heteroatoms. The second-order valence-electron chi connectivity index (χ2n) is 8.16. The van der Waals surface area contributed by atoms with Crippen molar-refractivity contribution in [3.8, 4) is 0 Å². The van der Waals surface area contributed by atoms with E-state index in [1.54, 1.807) is 0 Å². The molecule has 21 heavy (non-hydrogen) atoms. The summed E-state index contributed by atoms with van der Waals surface area (Å²) in [6, 6.07) is 0. The first-order valence-electron chi connectivity index (χ1n) is 9.97. The highest BCUT2D eigenvalue weighted by molar-refractivity contribution is 4.96. The molecule has 2 saturated carbocycles. The predicted molar refractivity (Wildman–Crippen MR) is 96.4 cm³/mol. The molecule has 126 valence electrons. The van der Waals surface area contributed by atoms with Crippen LogP contribution in [-0.4, -0.2) is 0 Å². The molecule has 0 amide bonds. The largest absolute Gasteiger partial charge is 0.0683 e. The Morgan fingerprint density at radius 1 is 0.905 bits per heavy atom. The van der Waals surface area contributed by atoms with Crippen LogP contribution in [0.4, 0.5) is 0 Å². The number of hydrogen-bond donors (Lipinski definition) is 0. The number of rotatable bonds is 3. The average molecular weight is 295 g/mol. The molecule has 0 aliphatic heterocycles. The van der Waals surface area contributed by atoms with E-state index in [9.17, 15) is 0 Å². The van der Waals surface area contributed by atoms with E-state index in [1.165, 1.54) is 32.1 Å². The van der Waals surface area contributed by atoms with Gasteiger partial charge in [-0.3, -0.25) is 0 Å². The van der Waals surface area contributed by atoms with Gasteiger partial charge in [0.15, 0.2) is 0 Å². The fraction of sp³-hybridized carbons (Fsp3) is 1.00. The summed E-state index contributed by atoms with van der Waals surface area (Å²) in [6.07, 6.45) is 7.33. The molecule has 0 aromatic carbocycles. The first kappa shape index (κ1) is 19.0. The van der Waals surface area contributed by atoms with Gasteiger partial charge in [-0.2, -0.15) is 0 Å². The van der Waals surface area contributed by atoms with Gasteiger partial charge in [0.25, 0.3) is 0 Å². The van der Waals surface area contributed by atoms with Crippen LogP contribution >= 0.6 is 0 Å². The molecule has 0 radical (unpaired) electrons. The molecule has 0 aromatic heterocycles. The molecule has 2 rings (SSSR count). The summed E-state index contributed by atoms with van der Waals surface area (Å²) in [4.78, 5) is 0. The van der Waals surface area contributed by atoms with Gasteiger partial charge in [0.05, 0.1) is 0 Å². The normalized spacial score (nSPS) is 44.3. The Bertz CT molecular complexity index is 282. The van der Waals surface area contributed by atoms with Crippen LogP contribution in [0.3, 0.4) is 0 Å². The lowest BCUT2D eigenvalue weighted by atomic mass is 9.52. The van der Waals surface area contributed by atoms with Crippen molar-refractivity contribution in [1.29, 1.82) is 0 Å². The zero-order valence-electron chi connectivity index (χ0n) is 16.2. The molecule has 0 saturated heterocycles. The molecule has 2 aliphatic carbocycles. The van der Waals surface area contributed by atoms with E-state index in [0.717, 1.165) is 47.3 Å². The van der Waals surface area contributed by atoms with Crippen LogP contribution in [0, 0.1) is 47.3 Å². The first-order valence-corrected chi connectivity index (χ1v) is 9.97. The standard InChI is InChI=1S/C19H36.C2H6/c1-7-8-12(2)17-10-9-13(3)19-16(6)15(5)14(4)11-18(17)19;1-2/h12-19H,7-11H2,1-6H3;1-2H3. The van der Waals surface area contributed by atoms with Gasteiger partial charge >= 0.3 is 0 Å². The van der Waals surface area contributed by atoms with Gasteiger partial charge in [0.2, 0.25) is 0 Å². The smallest absolute Gasteiger partial charge is 0.0329 e. The Labute approximate surface area is 135 Å². The molecule has 8 unspecified atom stereocenters. The van der Waals surface area contributed by atoms with E-state index in [2.05, 4.69) is 41.5 Å². The lowest BCUT2D eigenvalue weighted by Gasteiger charge is -2.54. The van der Waals surface area contributed by atoms with Crippen LogP contribution < -0.4 is 0 Å². The zero-order valence-corrected chi connectivity index (χ0v) is 16.2. The summed E-state index contributed by atoms with van der Waals surface area (Å²) in [7, 11) is 0. The van der Waals surface area contributed by atoms with Gasteiger partial charge in [-0.1, -0.05) is 74.7 Å². The zero-order chi connectivity index (χ0) is 16.2. The van der Waals surface area contributed by atoms with Crippen LogP contribution in [-0.2, 0) is 0 Å². The minimum absolute atomic E-state index is 0.934.